The van der Waals surface area contributed by atoms with Gasteiger partial charge in [0.25, 0.3) is 5.91 Å². The number of halogens is 1. The van der Waals surface area contributed by atoms with Crippen LogP contribution in [0, 0.1) is 17.8 Å². The van der Waals surface area contributed by atoms with Gasteiger partial charge in [-0.15, -0.1) is 0 Å². The first-order chi connectivity index (χ1) is 26.4. The molecule has 1 saturated heterocycles. The van der Waals surface area contributed by atoms with E-state index in [-0.39, 0.29) is 49.9 Å². The second-order valence-corrected chi connectivity index (χ2v) is 18.9. The Labute approximate surface area is 327 Å². The van der Waals surface area contributed by atoms with Crippen molar-refractivity contribution in [2.45, 2.75) is 121 Å². The third-order valence-corrected chi connectivity index (χ3v) is 13.3. The van der Waals surface area contributed by atoms with Crippen molar-refractivity contribution in [1.29, 1.82) is 0 Å². The number of ether oxygens (including phenoxy) is 3. The van der Waals surface area contributed by atoms with E-state index in [4.69, 9.17) is 14.2 Å². The van der Waals surface area contributed by atoms with Crippen molar-refractivity contribution < 1.29 is 46.2 Å². The molecule has 0 unspecified atom stereocenters. The summed E-state index contributed by atoms with van der Waals surface area (Å²) in [5.41, 5.74) is -2.50. The summed E-state index contributed by atoms with van der Waals surface area (Å²) in [7, 11) is -4.39. The van der Waals surface area contributed by atoms with E-state index in [2.05, 4.69) is 27.3 Å². The van der Waals surface area contributed by atoms with Gasteiger partial charge in [-0.25, -0.2) is 17.6 Å². The molecule has 2 aliphatic heterocycles. The fourth-order valence-corrected chi connectivity index (χ4v) is 9.22. The summed E-state index contributed by atoms with van der Waals surface area (Å²) >= 11 is 0. The maximum absolute atomic E-state index is 14.8. The van der Waals surface area contributed by atoms with Crippen LogP contribution in [0.2, 0.25) is 0 Å². The number of aromatic nitrogens is 1. The average molecular weight is 800 g/mol. The standard InChI is InChI=1S/C40H54FN5O9S/c1-7-53-31-19-26-13-9-11-15-29(26)34(42-31)54-28-20-30-33(47)44-40(36(49)45-56(51,52)39(23-41)16-17-39)21-27(40)14-10-8-12-24(2)18-25(3)32(35(48)46(30)22-28)43-37(50)55-38(4,5)6/h9-11,13-15,19,24-25,27-28,30,32H,7-8,12,16-18,20-23H2,1-6H3,(H,43,50)(H,44,47)(H,45,49)/b14-10-/t24-,25+,27+,28+,30-,32-,40+/m0/s1. The number of carbonyl (C=O) groups is 4. The SMILES string of the molecule is CCOc1cc2ccccc2c(O[C@@H]2C[C@H]3C(=O)N[C@]4(C(=O)NS(=O)(=O)C5(CF)CC5)C[C@H]4/C=C\CC[C@H](C)C[C@@H](C)[C@H](NC(=O)OC(C)(C)C)C(=O)N3C2)n1. The predicted molar refractivity (Wildman–Crippen MR) is 206 cm³/mol. The lowest BCUT2D eigenvalue weighted by molar-refractivity contribution is -0.142. The smallest absolute Gasteiger partial charge is 0.408 e. The molecule has 4 aliphatic rings. The molecule has 0 radical (unpaired) electrons. The fraction of sp³-hybridized carbons (Fsp3) is 0.625. The number of amides is 4. The molecule has 3 N–H and O–H groups in total. The predicted octanol–water partition coefficient (Wildman–Crippen LogP) is 4.71. The number of benzene rings is 1. The number of hydrogen-bond donors (Lipinski definition) is 3. The number of rotatable bonds is 9. The highest BCUT2D eigenvalue weighted by molar-refractivity contribution is 7.91. The van der Waals surface area contributed by atoms with Crippen molar-refractivity contribution in [2.75, 3.05) is 19.8 Å². The fourth-order valence-electron chi connectivity index (χ4n) is 7.80. The Morgan fingerprint density at radius 1 is 1.12 bits per heavy atom. The maximum Gasteiger partial charge on any atom is 0.408 e. The van der Waals surface area contributed by atoms with Crippen molar-refractivity contribution in [2.24, 2.45) is 17.8 Å². The van der Waals surface area contributed by atoms with E-state index in [0.29, 0.717) is 30.7 Å². The van der Waals surface area contributed by atoms with Gasteiger partial charge in [0.2, 0.25) is 33.6 Å². The molecule has 1 aromatic carbocycles. The Kier molecular flexibility index (Phi) is 11.6. The van der Waals surface area contributed by atoms with Crippen LogP contribution in [0.5, 0.6) is 11.8 Å². The van der Waals surface area contributed by atoms with Gasteiger partial charge in [-0.3, -0.25) is 19.1 Å². The van der Waals surface area contributed by atoms with Gasteiger partial charge in [-0.05, 0) is 89.5 Å². The van der Waals surface area contributed by atoms with Gasteiger partial charge in [-0.2, -0.15) is 4.98 Å². The third-order valence-electron chi connectivity index (χ3n) is 11.2. The quantitative estimate of drug-likeness (QED) is 0.301. The van der Waals surface area contributed by atoms with E-state index >= 15 is 0 Å². The monoisotopic (exact) mass is 799 g/mol. The summed E-state index contributed by atoms with van der Waals surface area (Å²) in [6.45, 7) is 10.1. The van der Waals surface area contributed by atoms with Gasteiger partial charge in [0.05, 0.1) is 13.2 Å². The molecule has 2 aromatic rings. The van der Waals surface area contributed by atoms with Crippen LogP contribution in [0.3, 0.4) is 0 Å². The number of alkyl carbamates (subject to hydrolysis) is 1. The van der Waals surface area contributed by atoms with E-state index in [1.807, 2.05) is 50.3 Å². The van der Waals surface area contributed by atoms with Gasteiger partial charge in [0, 0.05) is 23.8 Å². The molecule has 6 rings (SSSR count). The number of pyridine rings is 1. The first kappa shape index (κ1) is 41.2. The second kappa shape index (κ2) is 15.8. The van der Waals surface area contributed by atoms with Crippen LogP contribution in [0.1, 0.15) is 86.5 Å². The van der Waals surface area contributed by atoms with Crippen LogP contribution >= 0.6 is 0 Å². The molecule has 1 aromatic heterocycles. The summed E-state index contributed by atoms with van der Waals surface area (Å²) in [5.74, 6) is -2.42. The Hall–Kier alpha value is -4.47. The molecular formula is C40H54FN5O9S. The molecule has 3 fully saturated rings. The lowest BCUT2D eigenvalue weighted by Crippen LogP contribution is -2.59. The Balaban J connectivity index is 1.36. The highest BCUT2D eigenvalue weighted by atomic mass is 32.2. The second-order valence-electron chi connectivity index (χ2n) is 16.9. The van der Waals surface area contributed by atoms with Crippen LogP contribution < -0.4 is 24.8 Å². The highest BCUT2D eigenvalue weighted by Gasteiger charge is 2.64. The van der Waals surface area contributed by atoms with Gasteiger partial charge < -0.3 is 29.7 Å². The van der Waals surface area contributed by atoms with E-state index in [0.717, 1.165) is 11.8 Å². The number of hydrogen-bond acceptors (Lipinski definition) is 10. The molecule has 0 spiro atoms. The van der Waals surface area contributed by atoms with Crippen molar-refractivity contribution in [3.05, 3.63) is 42.5 Å². The minimum atomic E-state index is -4.39. The summed E-state index contributed by atoms with van der Waals surface area (Å²) in [5, 5.41) is 7.12. The van der Waals surface area contributed by atoms with Crippen molar-refractivity contribution in [1.82, 2.24) is 25.2 Å². The molecular weight excluding hydrogens is 746 g/mol. The lowest BCUT2D eigenvalue weighted by atomic mass is 9.88. The summed E-state index contributed by atoms with van der Waals surface area (Å²) in [6.07, 6.45) is 4.34. The Morgan fingerprint density at radius 2 is 1.86 bits per heavy atom. The molecule has 4 amide bonds. The zero-order chi connectivity index (χ0) is 40.6. The zero-order valence-electron chi connectivity index (χ0n) is 32.9. The molecule has 3 heterocycles. The molecule has 14 nitrogen and oxygen atoms in total. The molecule has 2 aliphatic carbocycles. The van der Waals surface area contributed by atoms with Crippen LogP contribution in [-0.4, -0.2) is 96.0 Å². The number of alkyl halides is 1. The van der Waals surface area contributed by atoms with Crippen molar-refractivity contribution >= 4 is 44.6 Å². The van der Waals surface area contributed by atoms with Gasteiger partial charge in [0.15, 0.2) is 0 Å². The summed E-state index contributed by atoms with van der Waals surface area (Å²) in [4.78, 5) is 62.4. The topological polar surface area (TPSA) is 182 Å². The molecule has 306 valence electrons. The summed E-state index contributed by atoms with van der Waals surface area (Å²) < 4.78 is 58.4. The summed E-state index contributed by atoms with van der Waals surface area (Å²) in [6, 6.07) is 6.95. The molecule has 16 heteroatoms. The Morgan fingerprint density at radius 3 is 2.54 bits per heavy atom. The first-order valence-electron chi connectivity index (χ1n) is 19.5. The van der Waals surface area contributed by atoms with Gasteiger partial charge in [0.1, 0.15) is 40.7 Å². The van der Waals surface area contributed by atoms with Crippen LogP contribution in [-0.2, 0) is 29.1 Å². The highest BCUT2D eigenvalue weighted by Crippen LogP contribution is 2.48. The van der Waals surface area contributed by atoms with Gasteiger partial charge >= 0.3 is 6.09 Å². The molecule has 7 atom stereocenters. The molecule has 56 heavy (non-hydrogen) atoms. The van der Waals surface area contributed by atoms with E-state index in [9.17, 15) is 32.0 Å². The number of fused-ring (bicyclic) bond motifs is 3. The molecule has 0 bridgehead atoms. The van der Waals surface area contributed by atoms with E-state index in [1.165, 1.54) is 4.90 Å². The first-order valence-corrected chi connectivity index (χ1v) is 21.0. The maximum atomic E-state index is 14.8. The zero-order valence-corrected chi connectivity index (χ0v) is 33.7. The number of allylic oxidation sites excluding steroid dienone is 1. The molecule has 2 saturated carbocycles. The average Bonchev–Trinajstić information content (AvgIpc) is 4.03. The number of sulfonamides is 1. The van der Waals surface area contributed by atoms with Gasteiger partial charge in [-0.1, -0.05) is 44.2 Å². The number of nitrogens with zero attached hydrogens (tertiary/aromatic N) is 2. The van der Waals surface area contributed by atoms with E-state index in [1.54, 1.807) is 26.8 Å². The normalized spacial score (nSPS) is 29.7. The van der Waals surface area contributed by atoms with Crippen LogP contribution in [0.15, 0.2) is 42.5 Å². The van der Waals surface area contributed by atoms with Crippen LogP contribution in [0.4, 0.5) is 9.18 Å². The Bertz CT molecular complexity index is 1980. The third kappa shape index (κ3) is 8.74. The van der Waals surface area contributed by atoms with Crippen molar-refractivity contribution in [3.8, 4) is 11.8 Å². The van der Waals surface area contributed by atoms with E-state index < -0.39 is 80.5 Å². The minimum absolute atomic E-state index is 0.0160. The number of nitrogens with one attached hydrogen (secondary N) is 3. The largest absolute Gasteiger partial charge is 0.478 e. The number of carbonyl (C=O) groups excluding carboxylic acids is 4. The van der Waals surface area contributed by atoms with Crippen LogP contribution in [0.25, 0.3) is 10.8 Å². The van der Waals surface area contributed by atoms with Crippen molar-refractivity contribution in [3.63, 3.8) is 0 Å². The minimum Gasteiger partial charge on any atom is -0.478 e. The lowest BCUT2D eigenvalue weighted by Gasteiger charge is -2.33.